The molecule has 5 heteroatoms. The number of hydrogen-bond donors (Lipinski definition) is 1. The van der Waals surface area contributed by atoms with Crippen LogP contribution in [0, 0.1) is 0 Å². The SMILES string of the molecule is CCCOCCCNC(=O)c1cc(Br)cc(Br)c1. The second-order valence-electron chi connectivity index (χ2n) is 3.88. The summed E-state index contributed by atoms with van der Waals surface area (Å²) in [4.78, 5) is 11.8. The fourth-order valence-corrected chi connectivity index (χ4v) is 2.70. The van der Waals surface area contributed by atoms with Crippen LogP contribution in [0.3, 0.4) is 0 Å². The van der Waals surface area contributed by atoms with Gasteiger partial charge in [-0.15, -0.1) is 0 Å². The van der Waals surface area contributed by atoms with E-state index in [2.05, 4.69) is 44.1 Å². The number of carbonyl (C=O) groups is 1. The number of carbonyl (C=O) groups excluding carboxylic acids is 1. The second-order valence-corrected chi connectivity index (χ2v) is 5.71. The van der Waals surface area contributed by atoms with Crippen LogP contribution in [-0.2, 0) is 4.74 Å². The van der Waals surface area contributed by atoms with Gasteiger partial charge in [-0.2, -0.15) is 0 Å². The summed E-state index contributed by atoms with van der Waals surface area (Å²) in [7, 11) is 0. The van der Waals surface area contributed by atoms with Crippen molar-refractivity contribution < 1.29 is 9.53 Å². The number of nitrogens with one attached hydrogen (secondary N) is 1. The first kappa shape index (κ1) is 15.7. The largest absolute Gasteiger partial charge is 0.381 e. The molecule has 0 radical (unpaired) electrons. The molecule has 0 saturated carbocycles. The lowest BCUT2D eigenvalue weighted by Gasteiger charge is -2.06. The molecule has 0 aliphatic rings. The summed E-state index contributed by atoms with van der Waals surface area (Å²) >= 11 is 6.72. The molecule has 0 saturated heterocycles. The number of benzene rings is 1. The predicted octanol–water partition coefficient (Wildman–Crippen LogP) is 3.76. The number of rotatable bonds is 7. The van der Waals surface area contributed by atoms with E-state index in [-0.39, 0.29) is 5.91 Å². The van der Waals surface area contributed by atoms with Crippen molar-refractivity contribution >= 4 is 37.8 Å². The van der Waals surface area contributed by atoms with Crippen LogP contribution in [0.15, 0.2) is 27.1 Å². The van der Waals surface area contributed by atoms with Gasteiger partial charge in [0, 0.05) is 34.3 Å². The van der Waals surface area contributed by atoms with Gasteiger partial charge in [-0.3, -0.25) is 4.79 Å². The van der Waals surface area contributed by atoms with Gasteiger partial charge in [0.1, 0.15) is 0 Å². The number of amides is 1. The zero-order valence-electron chi connectivity index (χ0n) is 10.3. The molecule has 0 spiro atoms. The molecule has 100 valence electrons. The van der Waals surface area contributed by atoms with E-state index in [1.54, 1.807) is 12.1 Å². The molecule has 1 aromatic rings. The molecule has 1 amide bonds. The van der Waals surface area contributed by atoms with Gasteiger partial charge >= 0.3 is 0 Å². The van der Waals surface area contributed by atoms with Crippen LogP contribution in [-0.4, -0.2) is 25.7 Å². The summed E-state index contributed by atoms with van der Waals surface area (Å²) in [5.41, 5.74) is 0.644. The van der Waals surface area contributed by atoms with Gasteiger partial charge in [0.2, 0.25) is 0 Å². The monoisotopic (exact) mass is 377 g/mol. The van der Waals surface area contributed by atoms with Crippen molar-refractivity contribution in [1.82, 2.24) is 5.32 Å². The van der Waals surface area contributed by atoms with Gasteiger partial charge in [0.25, 0.3) is 5.91 Å². The van der Waals surface area contributed by atoms with Crippen LogP contribution in [0.5, 0.6) is 0 Å². The summed E-state index contributed by atoms with van der Waals surface area (Å²) < 4.78 is 7.11. The molecule has 0 heterocycles. The fraction of sp³-hybridized carbons (Fsp3) is 0.462. The maximum atomic E-state index is 11.8. The zero-order chi connectivity index (χ0) is 13.4. The van der Waals surface area contributed by atoms with Gasteiger partial charge in [-0.25, -0.2) is 0 Å². The Morgan fingerprint density at radius 2 is 1.89 bits per heavy atom. The first-order valence-electron chi connectivity index (χ1n) is 5.95. The van der Waals surface area contributed by atoms with Crippen molar-refractivity contribution in [3.63, 3.8) is 0 Å². The average Bonchev–Trinajstić information content (AvgIpc) is 2.32. The maximum Gasteiger partial charge on any atom is 0.251 e. The third-order valence-electron chi connectivity index (χ3n) is 2.22. The van der Waals surface area contributed by atoms with Crippen LogP contribution >= 0.6 is 31.9 Å². The van der Waals surface area contributed by atoms with E-state index in [4.69, 9.17) is 4.74 Å². The summed E-state index contributed by atoms with van der Waals surface area (Å²) in [5, 5.41) is 2.87. The van der Waals surface area contributed by atoms with Gasteiger partial charge in [0.15, 0.2) is 0 Å². The van der Waals surface area contributed by atoms with Crippen molar-refractivity contribution in [2.24, 2.45) is 0 Å². The molecule has 3 nitrogen and oxygen atoms in total. The van der Waals surface area contributed by atoms with Crippen LogP contribution in [0.1, 0.15) is 30.1 Å². The molecule has 1 aromatic carbocycles. The van der Waals surface area contributed by atoms with Crippen molar-refractivity contribution in [1.29, 1.82) is 0 Å². The van der Waals surface area contributed by atoms with Gasteiger partial charge in [0.05, 0.1) is 0 Å². The van der Waals surface area contributed by atoms with Crippen molar-refractivity contribution in [3.05, 3.63) is 32.7 Å². The third-order valence-corrected chi connectivity index (χ3v) is 3.14. The highest BCUT2D eigenvalue weighted by Gasteiger charge is 2.06. The summed E-state index contributed by atoms with van der Waals surface area (Å²) in [6.07, 6.45) is 1.86. The number of halogens is 2. The van der Waals surface area contributed by atoms with Crippen LogP contribution in [0.4, 0.5) is 0 Å². The van der Waals surface area contributed by atoms with Crippen LogP contribution < -0.4 is 5.32 Å². The molecular formula is C13H17Br2NO2. The Bertz CT molecular complexity index is 376. The quantitative estimate of drug-likeness (QED) is 0.733. The van der Waals surface area contributed by atoms with Crippen molar-refractivity contribution in [3.8, 4) is 0 Å². The summed E-state index contributed by atoms with van der Waals surface area (Å²) in [6, 6.07) is 5.50. The lowest BCUT2D eigenvalue weighted by atomic mass is 10.2. The topological polar surface area (TPSA) is 38.3 Å². The molecule has 0 aliphatic heterocycles. The minimum absolute atomic E-state index is 0.0625. The number of ether oxygens (including phenoxy) is 1. The van der Waals surface area contributed by atoms with Gasteiger partial charge in [-0.1, -0.05) is 38.8 Å². The third kappa shape index (κ3) is 5.98. The standard InChI is InChI=1S/C13H17Br2NO2/c1-2-5-18-6-3-4-16-13(17)10-7-11(14)9-12(15)8-10/h7-9H,2-6H2,1H3,(H,16,17). The lowest BCUT2D eigenvalue weighted by Crippen LogP contribution is -2.25. The molecule has 1 rings (SSSR count). The molecule has 0 atom stereocenters. The first-order valence-corrected chi connectivity index (χ1v) is 7.54. The fourth-order valence-electron chi connectivity index (χ4n) is 1.41. The number of hydrogen-bond acceptors (Lipinski definition) is 2. The minimum atomic E-state index is -0.0625. The van der Waals surface area contributed by atoms with E-state index < -0.39 is 0 Å². The Labute approximate surface area is 125 Å². The normalized spacial score (nSPS) is 10.4. The second kappa shape index (κ2) is 8.67. The molecular weight excluding hydrogens is 362 g/mol. The highest BCUT2D eigenvalue weighted by atomic mass is 79.9. The van der Waals surface area contributed by atoms with Crippen molar-refractivity contribution in [2.45, 2.75) is 19.8 Å². The van der Waals surface area contributed by atoms with E-state index in [1.807, 2.05) is 6.07 Å². The molecule has 0 aromatic heterocycles. The smallest absolute Gasteiger partial charge is 0.251 e. The Hall–Kier alpha value is -0.390. The summed E-state index contributed by atoms with van der Waals surface area (Å²) in [5.74, 6) is -0.0625. The molecule has 18 heavy (non-hydrogen) atoms. The Morgan fingerprint density at radius 3 is 2.50 bits per heavy atom. The molecule has 0 unspecified atom stereocenters. The lowest BCUT2D eigenvalue weighted by molar-refractivity contribution is 0.0941. The van der Waals surface area contributed by atoms with Crippen molar-refractivity contribution in [2.75, 3.05) is 19.8 Å². The van der Waals surface area contributed by atoms with E-state index in [0.717, 1.165) is 28.4 Å². The Morgan fingerprint density at radius 1 is 1.22 bits per heavy atom. The molecule has 0 bridgehead atoms. The minimum Gasteiger partial charge on any atom is -0.381 e. The zero-order valence-corrected chi connectivity index (χ0v) is 13.5. The first-order chi connectivity index (χ1) is 8.63. The van der Waals surface area contributed by atoms with Gasteiger partial charge in [-0.05, 0) is 31.0 Å². The van der Waals surface area contributed by atoms with E-state index in [0.29, 0.717) is 18.7 Å². The van der Waals surface area contributed by atoms with Crippen LogP contribution in [0.25, 0.3) is 0 Å². The molecule has 1 N–H and O–H groups in total. The Balaban J connectivity index is 2.32. The van der Waals surface area contributed by atoms with Crippen LogP contribution in [0.2, 0.25) is 0 Å². The predicted molar refractivity (Wildman–Crippen MR) is 79.9 cm³/mol. The summed E-state index contributed by atoms with van der Waals surface area (Å²) in [6.45, 7) is 4.18. The highest BCUT2D eigenvalue weighted by molar-refractivity contribution is 9.11. The molecule has 0 fully saturated rings. The van der Waals surface area contributed by atoms with E-state index >= 15 is 0 Å². The molecule has 0 aliphatic carbocycles. The Kier molecular flexibility index (Phi) is 7.54. The maximum absolute atomic E-state index is 11.8. The van der Waals surface area contributed by atoms with E-state index in [1.165, 1.54) is 0 Å². The average molecular weight is 379 g/mol. The van der Waals surface area contributed by atoms with E-state index in [9.17, 15) is 4.79 Å². The highest BCUT2D eigenvalue weighted by Crippen LogP contribution is 2.19. The van der Waals surface area contributed by atoms with Gasteiger partial charge < -0.3 is 10.1 Å².